The molecule has 0 atom stereocenters. The van der Waals surface area contributed by atoms with Crippen LogP contribution in [0.1, 0.15) is 59.3 Å². The van der Waals surface area contributed by atoms with Crippen molar-refractivity contribution in [2.45, 2.75) is 78.9 Å². The molecular weight excluding hydrogens is 350 g/mol. The maximum atomic E-state index is 12.7. The van der Waals surface area contributed by atoms with E-state index in [2.05, 4.69) is 6.58 Å². The third kappa shape index (κ3) is 6.37. The Kier molecular flexibility index (Phi) is 9.53. The van der Waals surface area contributed by atoms with Crippen LogP contribution in [-0.2, 0) is 29.2 Å². The average Bonchev–Trinajstić information content (AvgIpc) is 2.63. The zero-order chi connectivity index (χ0) is 20.4. The molecular formula is C19H31N3O5. The van der Waals surface area contributed by atoms with Gasteiger partial charge in [-0.1, -0.05) is 46.1 Å². The smallest absolute Gasteiger partial charge is 0.336 e. The minimum Gasteiger partial charge on any atom is -0.460 e. The van der Waals surface area contributed by atoms with E-state index in [9.17, 15) is 19.2 Å². The Morgan fingerprint density at radius 3 is 1.59 bits per heavy atom. The summed E-state index contributed by atoms with van der Waals surface area (Å²) in [6.45, 7) is 9.37. The number of aromatic nitrogens is 3. The summed E-state index contributed by atoms with van der Waals surface area (Å²) in [6, 6.07) is 0. The van der Waals surface area contributed by atoms with Gasteiger partial charge in [-0.15, -0.1) is 0 Å². The molecule has 27 heavy (non-hydrogen) atoms. The van der Waals surface area contributed by atoms with Crippen LogP contribution in [0.4, 0.5) is 0 Å². The van der Waals surface area contributed by atoms with E-state index in [-0.39, 0.29) is 31.8 Å². The molecule has 0 saturated heterocycles. The van der Waals surface area contributed by atoms with E-state index in [1.807, 2.05) is 13.8 Å². The Morgan fingerprint density at radius 1 is 0.815 bits per heavy atom. The van der Waals surface area contributed by atoms with Gasteiger partial charge in [0.15, 0.2) is 0 Å². The first-order valence-corrected chi connectivity index (χ1v) is 9.62. The molecule has 8 heteroatoms. The molecule has 1 rings (SSSR count). The first-order chi connectivity index (χ1) is 12.8. The van der Waals surface area contributed by atoms with Crippen LogP contribution in [0.25, 0.3) is 0 Å². The van der Waals surface area contributed by atoms with Crippen LogP contribution >= 0.6 is 0 Å². The van der Waals surface area contributed by atoms with E-state index in [0.717, 1.165) is 39.4 Å². The summed E-state index contributed by atoms with van der Waals surface area (Å²) < 4.78 is 8.20. The van der Waals surface area contributed by atoms with Crippen LogP contribution in [0.2, 0.25) is 0 Å². The van der Waals surface area contributed by atoms with Crippen molar-refractivity contribution >= 4 is 5.97 Å². The Labute approximate surface area is 159 Å². The number of esters is 1. The third-order valence-corrected chi connectivity index (χ3v) is 4.25. The van der Waals surface area contributed by atoms with Crippen LogP contribution in [0.15, 0.2) is 26.5 Å². The fraction of sp³-hybridized carbons (Fsp3) is 0.684. The normalized spacial score (nSPS) is 10.8. The molecule has 0 aliphatic carbocycles. The van der Waals surface area contributed by atoms with E-state index in [0.29, 0.717) is 12.8 Å². The highest BCUT2D eigenvalue weighted by Gasteiger charge is 2.15. The molecule has 1 aromatic heterocycles. The fourth-order valence-corrected chi connectivity index (χ4v) is 2.65. The molecule has 0 unspecified atom stereocenters. The van der Waals surface area contributed by atoms with Crippen molar-refractivity contribution in [2.75, 3.05) is 6.61 Å². The van der Waals surface area contributed by atoms with Gasteiger partial charge in [-0.2, -0.15) is 0 Å². The molecule has 8 nitrogen and oxygen atoms in total. The lowest BCUT2D eigenvalue weighted by Gasteiger charge is -2.14. The molecule has 0 fully saturated rings. The van der Waals surface area contributed by atoms with Crippen LogP contribution in [0, 0.1) is 0 Å². The van der Waals surface area contributed by atoms with Gasteiger partial charge in [-0.05, 0) is 19.8 Å². The summed E-state index contributed by atoms with van der Waals surface area (Å²) in [5, 5.41) is 0. The van der Waals surface area contributed by atoms with E-state index in [1.165, 1.54) is 6.92 Å². The number of hydrogen-bond acceptors (Lipinski definition) is 5. The zero-order valence-electron chi connectivity index (χ0n) is 16.7. The van der Waals surface area contributed by atoms with Crippen molar-refractivity contribution in [3.8, 4) is 0 Å². The van der Waals surface area contributed by atoms with Gasteiger partial charge in [0.05, 0.1) is 6.54 Å². The van der Waals surface area contributed by atoms with Crippen LogP contribution < -0.4 is 17.1 Å². The maximum Gasteiger partial charge on any atom is 0.336 e. The lowest BCUT2D eigenvalue weighted by molar-refractivity contribution is -0.139. The summed E-state index contributed by atoms with van der Waals surface area (Å²) in [7, 11) is 0. The molecule has 1 aromatic rings. The van der Waals surface area contributed by atoms with E-state index in [1.54, 1.807) is 0 Å². The second-order valence-corrected chi connectivity index (χ2v) is 6.63. The molecule has 0 N–H and O–H groups in total. The lowest BCUT2D eigenvalue weighted by Crippen LogP contribution is -2.55. The quantitative estimate of drug-likeness (QED) is 0.312. The molecule has 0 spiro atoms. The summed E-state index contributed by atoms with van der Waals surface area (Å²) >= 11 is 0. The number of carbonyl (C=O) groups is 1. The minimum absolute atomic E-state index is 0.0987. The number of nitrogens with zero attached hydrogens (tertiary/aromatic N) is 3. The minimum atomic E-state index is -0.654. The summed E-state index contributed by atoms with van der Waals surface area (Å²) in [4.78, 5) is 49.4. The van der Waals surface area contributed by atoms with Crippen LogP contribution in [0.3, 0.4) is 0 Å². The molecule has 0 radical (unpaired) electrons. The highest BCUT2D eigenvalue weighted by atomic mass is 16.5. The summed E-state index contributed by atoms with van der Waals surface area (Å²) in [6.07, 6.45) is 5.05. The Hall–Kier alpha value is -2.38. The largest absolute Gasteiger partial charge is 0.460 e. The van der Waals surface area contributed by atoms with Gasteiger partial charge in [0.2, 0.25) is 0 Å². The topological polar surface area (TPSA) is 92.3 Å². The molecule has 0 amide bonds. The van der Waals surface area contributed by atoms with Gasteiger partial charge < -0.3 is 4.74 Å². The monoisotopic (exact) mass is 381 g/mol. The van der Waals surface area contributed by atoms with Crippen molar-refractivity contribution in [2.24, 2.45) is 0 Å². The predicted molar refractivity (Wildman–Crippen MR) is 104 cm³/mol. The second-order valence-electron chi connectivity index (χ2n) is 6.63. The van der Waals surface area contributed by atoms with Crippen LogP contribution in [0.5, 0.6) is 0 Å². The average molecular weight is 381 g/mol. The van der Waals surface area contributed by atoms with Gasteiger partial charge in [0.25, 0.3) is 0 Å². The lowest BCUT2D eigenvalue weighted by atomic mass is 10.2. The molecule has 0 bridgehead atoms. The summed E-state index contributed by atoms with van der Waals surface area (Å²) in [5.41, 5.74) is -1.63. The van der Waals surface area contributed by atoms with Gasteiger partial charge in [-0.3, -0.25) is 0 Å². The summed E-state index contributed by atoms with van der Waals surface area (Å²) in [5.74, 6) is -0.581. The highest BCUT2D eigenvalue weighted by Crippen LogP contribution is 1.97. The van der Waals surface area contributed by atoms with Crippen molar-refractivity contribution in [1.82, 2.24) is 13.7 Å². The first kappa shape index (κ1) is 22.7. The second kappa shape index (κ2) is 11.4. The fourth-order valence-electron chi connectivity index (χ4n) is 2.65. The molecule has 0 saturated carbocycles. The standard InChI is InChI=1S/C19H31N3O5/c1-5-7-9-11-20-17(24)21(12-10-8-6-2)19(26)22(18(20)25)13-14-27-16(23)15(3)4/h3,5-14H2,1-2,4H3. The van der Waals surface area contributed by atoms with Crippen molar-refractivity contribution in [1.29, 1.82) is 0 Å². The SMILES string of the molecule is C=C(C)C(=O)OCCn1c(=O)n(CCCCC)c(=O)n(CCCCC)c1=O. The molecule has 152 valence electrons. The number of hydrogen-bond donors (Lipinski definition) is 0. The Bertz CT molecular complexity index is 768. The number of rotatable bonds is 12. The molecule has 1 heterocycles. The Morgan fingerprint density at radius 2 is 1.22 bits per heavy atom. The van der Waals surface area contributed by atoms with Crippen molar-refractivity contribution in [3.05, 3.63) is 43.6 Å². The number of carbonyl (C=O) groups excluding carboxylic acids is 1. The molecule has 0 aromatic carbocycles. The molecule has 0 aliphatic rings. The van der Waals surface area contributed by atoms with Crippen LogP contribution in [-0.4, -0.2) is 26.3 Å². The number of ether oxygens (including phenoxy) is 1. The Balaban J connectivity index is 3.19. The van der Waals surface area contributed by atoms with Gasteiger partial charge in [0, 0.05) is 18.7 Å². The van der Waals surface area contributed by atoms with E-state index in [4.69, 9.17) is 4.74 Å². The predicted octanol–water partition coefficient (Wildman–Crippen LogP) is 1.67. The first-order valence-electron chi connectivity index (χ1n) is 9.62. The van der Waals surface area contributed by atoms with Gasteiger partial charge in [0.1, 0.15) is 6.61 Å². The van der Waals surface area contributed by atoms with Gasteiger partial charge >= 0.3 is 23.0 Å². The zero-order valence-corrected chi connectivity index (χ0v) is 16.7. The van der Waals surface area contributed by atoms with Crippen molar-refractivity contribution < 1.29 is 9.53 Å². The van der Waals surface area contributed by atoms with E-state index >= 15 is 0 Å². The molecule has 0 aliphatic heterocycles. The van der Waals surface area contributed by atoms with E-state index < -0.39 is 23.0 Å². The maximum absolute atomic E-state index is 12.7. The van der Waals surface area contributed by atoms with Crippen molar-refractivity contribution in [3.63, 3.8) is 0 Å². The number of unbranched alkanes of at least 4 members (excludes halogenated alkanes) is 4. The highest BCUT2D eigenvalue weighted by molar-refractivity contribution is 5.86. The van der Waals surface area contributed by atoms with Gasteiger partial charge in [-0.25, -0.2) is 32.9 Å². The third-order valence-electron chi connectivity index (χ3n) is 4.25.